The van der Waals surface area contributed by atoms with E-state index in [-0.39, 0.29) is 0 Å². The molecular formula is C16H13N3. The Morgan fingerprint density at radius 2 is 1.74 bits per heavy atom. The first-order valence-corrected chi connectivity index (χ1v) is 6.39. The van der Waals surface area contributed by atoms with Crippen molar-refractivity contribution in [3.8, 4) is 22.5 Å². The van der Waals surface area contributed by atoms with Gasteiger partial charge in [-0.15, -0.1) is 10.2 Å². The molecule has 0 saturated heterocycles. The number of nitrogens with zero attached hydrogens (tertiary/aromatic N) is 3. The third-order valence-corrected chi connectivity index (χ3v) is 3.80. The number of aromatic nitrogens is 3. The predicted octanol–water partition coefficient (Wildman–Crippen LogP) is 3.05. The topological polar surface area (TPSA) is 30.7 Å². The predicted molar refractivity (Wildman–Crippen MR) is 74.7 cm³/mol. The molecule has 0 fully saturated rings. The molecule has 0 atom stereocenters. The van der Waals surface area contributed by atoms with Gasteiger partial charge in [0.2, 0.25) is 0 Å². The van der Waals surface area contributed by atoms with Crippen molar-refractivity contribution in [2.75, 3.05) is 0 Å². The summed E-state index contributed by atoms with van der Waals surface area (Å²) in [6.07, 6.45) is 2.73. The summed E-state index contributed by atoms with van der Waals surface area (Å²) in [6, 6.07) is 15.0. The van der Waals surface area contributed by atoms with Gasteiger partial charge >= 0.3 is 0 Å². The molecule has 1 aromatic heterocycles. The Kier molecular flexibility index (Phi) is 2.09. The van der Waals surface area contributed by atoms with Crippen LogP contribution in [0.5, 0.6) is 0 Å². The van der Waals surface area contributed by atoms with Gasteiger partial charge in [0.15, 0.2) is 5.82 Å². The van der Waals surface area contributed by atoms with Gasteiger partial charge in [-0.3, -0.25) is 0 Å². The molecule has 4 rings (SSSR count). The Hall–Kier alpha value is -2.42. The molecule has 3 nitrogen and oxygen atoms in total. The van der Waals surface area contributed by atoms with E-state index < -0.39 is 0 Å². The average molecular weight is 247 g/mol. The van der Waals surface area contributed by atoms with E-state index in [0.717, 1.165) is 12.2 Å². The lowest BCUT2D eigenvalue weighted by atomic mass is 10.0. The van der Waals surface area contributed by atoms with E-state index in [1.165, 1.54) is 27.8 Å². The van der Waals surface area contributed by atoms with Gasteiger partial charge < -0.3 is 4.57 Å². The highest BCUT2D eigenvalue weighted by Crippen LogP contribution is 2.40. The van der Waals surface area contributed by atoms with Gasteiger partial charge in [-0.1, -0.05) is 42.5 Å². The van der Waals surface area contributed by atoms with Crippen LogP contribution in [0.4, 0.5) is 0 Å². The van der Waals surface area contributed by atoms with E-state index in [2.05, 4.69) is 52.7 Å². The molecule has 0 aliphatic heterocycles. The van der Waals surface area contributed by atoms with Crippen LogP contribution in [-0.2, 0) is 13.5 Å². The fourth-order valence-electron chi connectivity index (χ4n) is 2.89. The molecule has 92 valence electrons. The van der Waals surface area contributed by atoms with E-state index in [0.29, 0.717) is 0 Å². The number of rotatable bonds is 1. The first kappa shape index (κ1) is 10.5. The first-order chi connectivity index (χ1) is 9.34. The molecular weight excluding hydrogens is 234 g/mol. The number of aryl methyl sites for hydroxylation is 1. The van der Waals surface area contributed by atoms with Gasteiger partial charge in [0, 0.05) is 12.6 Å². The first-order valence-electron chi connectivity index (χ1n) is 6.39. The van der Waals surface area contributed by atoms with Crippen LogP contribution in [0.15, 0.2) is 48.8 Å². The van der Waals surface area contributed by atoms with Crippen LogP contribution in [0.1, 0.15) is 11.1 Å². The average Bonchev–Trinajstić information content (AvgIpc) is 3.02. The summed E-state index contributed by atoms with van der Waals surface area (Å²) in [5, 5.41) is 8.22. The van der Waals surface area contributed by atoms with Crippen LogP contribution < -0.4 is 0 Å². The monoisotopic (exact) mass is 247 g/mol. The molecule has 1 aliphatic carbocycles. The molecule has 0 spiro atoms. The Bertz CT molecular complexity index is 771. The van der Waals surface area contributed by atoms with Crippen molar-refractivity contribution in [2.24, 2.45) is 7.05 Å². The highest BCUT2D eigenvalue weighted by Gasteiger charge is 2.22. The molecule has 1 aliphatic rings. The van der Waals surface area contributed by atoms with E-state index in [4.69, 9.17) is 0 Å². The zero-order valence-electron chi connectivity index (χ0n) is 10.7. The van der Waals surface area contributed by atoms with Crippen molar-refractivity contribution in [1.82, 2.24) is 14.8 Å². The summed E-state index contributed by atoms with van der Waals surface area (Å²) < 4.78 is 1.97. The zero-order chi connectivity index (χ0) is 12.8. The molecule has 0 unspecified atom stereocenters. The second-order valence-corrected chi connectivity index (χ2v) is 4.93. The standard InChI is InChI=1S/C16H13N3/c1-19-10-17-18-16(19)14-8-4-7-13-12-6-3-2-5-11(12)9-15(13)14/h2-8,10H,9H2,1H3. The van der Waals surface area contributed by atoms with Gasteiger partial charge in [0.25, 0.3) is 0 Å². The SMILES string of the molecule is Cn1cnnc1-c1cccc2c1Cc1ccccc1-2. The van der Waals surface area contributed by atoms with Gasteiger partial charge in [0.1, 0.15) is 6.33 Å². The molecule has 19 heavy (non-hydrogen) atoms. The van der Waals surface area contributed by atoms with E-state index in [9.17, 15) is 0 Å². The lowest BCUT2D eigenvalue weighted by Gasteiger charge is -2.07. The van der Waals surface area contributed by atoms with Gasteiger partial charge in [-0.25, -0.2) is 0 Å². The summed E-state index contributed by atoms with van der Waals surface area (Å²) >= 11 is 0. The minimum absolute atomic E-state index is 0.935. The normalized spacial score (nSPS) is 12.3. The second-order valence-electron chi connectivity index (χ2n) is 4.93. The largest absolute Gasteiger partial charge is 0.317 e. The van der Waals surface area contributed by atoms with Gasteiger partial charge in [-0.05, 0) is 28.7 Å². The molecule has 0 bridgehead atoms. The minimum Gasteiger partial charge on any atom is -0.317 e. The van der Waals surface area contributed by atoms with Crippen LogP contribution in [0.25, 0.3) is 22.5 Å². The Balaban J connectivity index is 1.97. The highest BCUT2D eigenvalue weighted by atomic mass is 15.2. The van der Waals surface area contributed by atoms with E-state index in [1.54, 1.807) is 6.33 Å². The third kappa shape index (κ3) is 1.45. The molecule has 2 aromatic carbocycles. The number of fused-ring (bicyclic) bond motifs is 3. The second kappa shape index (κ2) is 3.79. The van der Waals surface area contributed by atoms with E-state index >= 15 is 0 Å². The molecule has 0 radical (unpaired) electrons. The van der Waals surface area contributed by atoms with Crippen LogP contribution >= 0.6 is 0 Å². The summed E-state index contributed by atoms with van der Waals surface area (Å²) in [6.45, 7) is 0. The molecule has 3 heteroatoms. The maximum absolute atomic E-state index is 4.24. The fraction of sp³-hybridized carbons (Fsp3) is 0.125. The third-order valence-electron chi connectivity index (χ3n) is 3.80. The maximum Gasteiger partial charge on any atom is 0.163 e. The zero-order valence-corrected chi connectivity index (χ0v) is 10.7. The van der Waals surface area contributed by atoms with Crippen LogP contribution in [0.2, 0.25) is 0 Å². The van der Waals surface area contributed by atoms with Crippen molar-refractivity contribution in [2.45, 2.75) is 6.42 Å². The van der Waals surface area contributed by atoms with Crippen LogP contribution in [0.3, 0.4) is 0 Å². The van der Waals surface area contributed by atoms with Crippen LogP contribution in [0, 0.1) is 0 Å². The van der Waals surface area contributed by atoms with Crippen LogP contribution in [-0.4, -0.2) is 14.8 Å². The van der Waals surface area contributed by atoms with E-state index in [1.807, 2.05) is 11.6 Å². The number of benzene rings is 2. The van der Waals surface area contributed by atoms with Gasteiger partial charge in [0.05, 0.1) is 0 Å². The number of hydrogen-bond donors (Lipinski definition) is 0. The molecule has 1 heterocycles. The minimum atomic E-state index is 0.935. The molecule has 0 amide bonds. The summed E-state index contributed by atoms with van der Waals surface area (Å²) in [7, 11) is 1.98. The number of hydrogen-bond acceptors (Lipinski definition) is 2. The molecule has 3 aromatic rings. The van der Waals surface area contributed by atoms with Crippen molar-refractivity contribution in [1.29, 1.82) is 0 Å². The maximum atomic E-state index is 4.24. The summed E-state index contributed by atoms with van der Waals surface area (Å²) in [5.41, 5.74) is 6.62. The lowest BCUT2D eigenvalue weighted by molar-refractivity contribution is 0.918. The van der Waals surface area contributed by atoms with Gasteiger partial charge in [-0.2, -0.15) is 0 Å². The fourth-order valence-corrected chi connectivity index (χ4v) is 2.89. The summed E-state index contributed by atoms with van der Waals surface area (Å²) in [4.78, 5) is 0. The van der Waals surface area contributed by atoms with Crippen molar-refractivity contribution in [3.05, 3.63) is 59.9 Å². The Morgan fingerprint density at radius 1 is 0.947 bits per heavy atom. The molecule has 0 N–H and O–H groups in total. The smallest absolute Gasteiger partial charge is 0.163 e. The highest BCUT2D eigenvalue weighted by molar-refractivity contribution is 5.83. The Morgan fingerprint density at radius 3 is 2.58 bits per heavy atom. The Labute approximate surface area is 111 Å². The van der Waals surface area contributed by atoms with Crippen molar-refractivity contribution in [3.63, 3.8) is 0 Å². The lowest BCUT2D eigenvalue weighted by Crippen LogP contribution is -1.95. The summed E-state index contributed by atoms with van der Waals surface area (Å²) in [5.74, 6) is 0.935. The molecule has 0 saturated carbocycles. The quantitative estimate of drug-likeness (QED) is 0.517. The van der Waals surface area contributed by atoms with Crippen molar-refractivity contribution < 1.29 is 0 Å². The van der Waals surface area contributed by atoms with Crippen molar-refractivity contribution >= 4 is 0 Å².